The lowest BCUT2D eigenvalue weighted by Gasteiger charge is -2.50. The third-order valence-corrected chi connectivity index (χ3v) is 9.19. The zero-order valence-corrected chi connectivity index (χ0v) is 21.9. The van der Waals surface area contributed by atoms with Crippen molar-refractivity contribution in [3.8, 4) is 5.75 Å². The summed E-state index contributed by atoms with van der Waals surface area (Å²) in [7, 11) is -2.23. The van der Waals surface area contributed by atoms with Crippen molar-refractivity contribution in [1.82, 2.24) is 18.8 Å². The van der Waals surface area contributed by atoms with Gasteiger partial charge in [-0.3, -0.25) is 9.69 Å². The summed E-state index contributed by atoms with van der Waals surface area (Å²) in [6.45, 7) is 0.492. The lowest BCUT2D eigenvalue weighted by atomic mass is 9.74. The Labute approximate surface area is 221 Å². The molecule has 1 saturated heterocycles. The van der Waals surface area contributed by atoms with Crippen LogP contribution in [0.1, 0.15) is 48.9 Å². The van der Waals surface area contributed by atoms with Crippen LogP contribution >= 0.6 is 0 Å². The summed E-state index contributed by atoms with van der Waals surface area (Å²) >= 11 is 0. The summed E-state index contributed by atoms with van der Waals surface area (Å²) in [5, 5.41) is -0.113. The van der Waals surface area contributed by atoms with Gasteiger partial charge in [-0.15, -0.1) is 13.2 Å². The minimum atomic E-state index is -5.14. The molecule has 0 spiro atoms. The number of aromatic nitrogens is 2. The van der Waals surface area contributed by atoms with Gasteiger partial charge in [-0.05, 0) is 31.4 Å². The molecule has 15 heteroatoms. The molecule has 2 aliphatic rings. The van der Waals surface area contributed by atoms with E-state index in [1.807, 2.05) is 4.90 Å². The number of Topliss-reactive ketones (excluding diaryl/α,β-unsaturated/α-hetero) is 1. The molecule has 1 saturated carbocycles. The lowest BCUT2D eigenvalue weighted by Crippen LogP contribution is -2.59. The standard InChI is InChI=1S/C24H28F6N4O4S/c1-32-15-20(31-16-32)39(36,37)34-13-11-33(12-14-34)22(7-9-23(26,27)10-8-22)6-5-18(35)21-17(25)3-2-4-19(21)38-24(28,29)30/h2-4,15-16H,5-14H2,1H3. The first-order chi connectivity index (χ1) is 18.1. The molecule has 1 aromatic carbocycles. The highest BCUT2D eigenvalue weighted by Crippen LogP contribution is 2.45. The highest BCUT2D eigenvalue weighted by Gasteiger charge is 2.48. The normalized spacial score (nSPS) is 20.6. The minimum absolute atomic E-state index is 0.0105. The van der Waals surface area contributed by atoms with Gasteiger partial charge in [-0.25, -0.2) is 26.6 Å². The Balaban J connectivity index is 1.51. The molecule has 1 aliphatic heterocycles. The molecule has 0 radical (unpaired) electrons. The zero-order valence-electron chi connectivity index (χ0n) is 21.1. The SMILES string of the molecule is Cn1cnc(S(=O)(=O)N2CCN(C3(CCC(=O)c4c(F)cccc4OC(F)(F)F)CCC(F)(F)CC3)CC2)c1. The number of sulfonamides is 1. The molecule has 0 unspecified atom stereocenters. The van der Waals surface area contributed by atoms with E-state index >= 15 is 0 Å². The van der Waals surface area contributed by atoms with E-state index in [9.17, 15) is 39.6 Å². The third-order valence-electron chi connectivity index (χ3n) is 7.40. The highest BCUT2D eigenvalue weighted by atomic mass is 32.2. The second-order valence-electron chi connectivity index (χ2n) is 9.93. The Kier molecular flexibility index (Phi) is 8.07. The van der Waals surface area contributed by atoms with Crippen molar-refractivity contribution in [2.24, 2.45) is 7.05 Å². The van der Waals surface area contributed by atoms with Gasteiger partial charge in [0.05, 0.1) is 11.9 Å². The van der Waals surface area contributed by atoms with Crippen LogP contribution in [0.3, 0.4) is 0 Å². The first-order valence-electron chi connectivity index (χ1n) is 12.3. The van der Waals surface area contributed by atoms with E-state index in [4.69, 9.17) is 0 Å². The number of ether oxygens (including phenoxy) is 1. The number of hydrogen-bond acceptors (Lipinski definition) is 6. The van der Waals surface area contributed by atoms with Crippen LogP contribution in [0.2, 0.25) is 0 Å². The lowest BCUT2D eigenvalue weighted by molar-refractivity contribution is -0.274. The summed E-state index contributed by atoms with van der Waals surface area (Å²) in [5.74, 6) is -6.00. The van der Waals surface area contributed by atoms with Crippen LogP contribution in [0.15, 0.2) is 35.7 Å². The van der Waals surface area contributed by atoms with Crippen molar-refractivity contribution in [1.29, 1.82) is 0 Å². The molecule has 2 heterocycles. The molecule has 0 amide bonds. The zero-order chi connectivity index (χ0) is 28.6. The number of nitrogens with zero attached hydrogens (tertiary/aromatic N) is 4. The summed E-state index contributed by atoms with van der Waals surface area (Å²) < 4.78 is 114. The van der Waals surface area contributed by atoms with E-state index in [1.54, 1.807) is 7.05 Å². The molecule has 4 rings (SSSR count). The second-order valence-corrected chi connectivity index (χ2v) is 11.8. The van der Waals surface area contributed by atoms with Crippen molar-refractivity contribution in [2.45, 2.75) is 61.4 Å². The van der Waals surface area contributed by atoms with Crippen LogP contribution in [0.5, 0.6) is 5.75 Å². The van der Waals surface area contributed by atoms with E-state index in [0.717, 1.165) is 18.2 Å². The quantitative estimate of drug-likeness (QED) is 0.340. The molecule has 1 aliphatic carbocycles. The Morgan fingerprint density at radius 2 is 1.72 bits per heavy atom. The monoisotopic (exact) mass is 582 g/mol. The summed E-state index contributed by atoms with van der Waals surface area (Å²) in [5.41, 5.74) is -1.79. The molecule has 216 valence electrons. The van der Waals surface area contributed by atoms with Crippen molar-refractivity contribution < 1.29 is 44.3 Å². The van der Waals surface area contributed by atoms with Gasteiger partial charge in [0.25, 0.3) is 10.0 Å². The van der Waals surface area contributed by atoms with Crippen LogP contribution in [-0.4, -0.2) is 77.0 Å². The largest absolute Gasteiger partial charge is 0.573 e. The average molecular weight is 583 g/mol. The van der Waals surface area contributed by atoms with Gasteiger partial charge >= 0.3 is 6.36 Å². The minimum Gasteiger partial charge on any atom is -0.405 e. The molecule has 2 aromatic rings. The van der Waals surface area contributed by atoms with Gasteiger partial charge in [0.15, 0.2) is 10.8 Å². The van der Waals surface area contributed by atoms with Crippen molar-refractivity contribution in [2.75, 3.05) is 26.2 Å². The van der Waals surface area contributed by atoms with E-state index in [2.05, 4.69) is 9.72 Å². The van der Waals surface area contributed by atoms with Gasteiger partial charge < -0.3 is 9.30 Å². The predicted molar refractivity (Wildman–Crippen MR) is 126 cm³/mol. The van der Waals surface area contributed by atoms with Crippen molar-refractivity contribution in [3.05, 3.63) is 42.1 Å². The number of piperazine rings is 1. The Morgan fingerprint density at radius 3 is 2.28 bits per heavy atom. The van der Waals surface area contributed by atoms with Crippen molar-refractivity contribution >= 4 is 15.8 Å². The molecule has 2 fully saturated rings. The van der Waals surface area contributed by atoms with Crippen LogP contribution in [0, 0.1) is 5.82 Å². The number of carbonyl (C=O) groups is 1. The highest BCUT2D eigenvalue weighted by molar-refractivity contribution is 7.89. The van der Waals surface area contributed by atoms with Crippen molar-refractivity contribution in [3.63, 3.8) is 0 Å². The van der Waals surface area contributed by atoms with E-state index < -0.39 is 70.0 Å². The fraction of sp³-hybridized carbons (Fsp3) is 0.583. The van der Waals surface area contributed by atoms with Gasteiger partial charge in [-0.2, -0.15) is 4.31 Å². The number of hydrogen-bond donors (Lipinski definition) is 0. The maximum absolute atomic E-state index is 14.4. The molecule has 1 aromatic heterocycles. The summed E-state index contributed by atoms with van der Waals surface area (Å²) in [4.78, 5) is 18.7. The molecule has 0 N–H and O–H groups in total. The first-order valence-corrected chi connectivity index (χ1v) is 13.7. The fourth-order valence-corrected chi connectivity index (χ4v) is 6.71. The van der Waals surface area contributed by atoms with E-state index in [0.29, 0.717) is 0 Å². The summed E-state index contributed by atoms with van der Waals surface area (Å²) in [6.07, 6.45) is -3.79. The smallest absolute Gasteiger partial charge is 0.405 e. The molecule has 8 nitrogen and oxygen atoms in total. The van der Waals surface area contributed by atoms with Crippen LogP contribution in [-0.2, 0) is 17.1 Å². The maximum atomic E-state index is 14.4. The number of ketones is 1. The topological polar surface area (TPSA) is 84.7 Å². The average Bonchev–Trinajstić information content (AvgIpc) is 3.30. The molecule has 39 heavy (non-hydrogen) atoms. The van der Waals surface area contributed by atoms with Gasteiger partial charge in [-0.1, -0.05) is 6.07 Å². The molecule has 0 bridgehead atoms. The van der Waals surface area contributed by atoms with E-state index in [-0.39, 0.29) is 50.5 Å². The molecule has 0 atom stereocenters. The predicted octanol–water partition coefficient (Wildman–Crippen LogP) is 4.38. The van der Waals surface area contributed by atoms with Gasteiger partial charge in [0, 0.05) is 64.2 Å². The van der Waals surface area contributed by atoms with Gasteiger partial charge in [0.1, 0.15) is 11.6 Å². The second kappa shape index (κ2) is 10.7. The van der Waals surface area contributed by atoms with E-state index in [1.165, 1.54) is 21.4 Å². The fourth-order valence-electron chi connectivity index (χ4n) is 5.32. The number of alkyl halides is 5. The number of benzene rings is 1. The Bertz CT molecular complexity index is 1300. The first kappa shape index (κ1) is 29.3. The number of imidazole rings is 1. The van der Waals surface area contributed by atoms with Gasteiger partial charge in [0.2, 0.25) is 5.92 Å². The third kappa shape index (κ3) is 6.57. The van der Waals surface area contributed by atoms with Crippen LogP contribution < -0.4 is 4.74 Å². The van der Waals surface area contributed by atoms with Crippen LogP contribution in [0.25, 0.3) is 0 Å². The number of aryl methyl sites for hydroxylation is 1. The Morgan fingerprint density at radius 1 is 1.08 bits per heavy atom. The number of rotatable bonds is 8. The Hall–Kier alpha value is -2.65. The molecular weight excluding hydrogens is 554 g/mol. The molecular formula is C24H28F6N4O4S. The van der Waals surface area contributed by atoms with Crippen LogP contribution in [0.4, 0.5) is 26.3 Å². The maximum Gasteiger partial charge on any atom is 0.573 e. The summed E-state index contributed by atoms with van der Waals surface area (Å²) in [6, 6.07) is 2.66. The number of halogens is 6. The number of carbonyl (C=O) groups excluding carboxylic acids is 1.